The van der Waals surface area contributed by atoms with Crippen LogP contribution < -0.4 is 0 Å². The van der Waals surface area contributed by atoms with E-state index in [2.05, 4.69) is 6.92 Å². The van der Waals surface area contributed by atoms with E-state index >= 15 is 0 Å². The molecular weight excluding hydrogens is 242 g/mol. The predicted molar refractivity (Wildman–Crippen MR) is 68.3 cm³/mol. The zero-order valence-electron chi connectivity index (χ0n) is 10.3. The fourth-order valence-corrected chi connectivity index (χ4v) is 2.31. The number of hydrogen-bond donors (Lipinski definition) is 1. The van der Waals surface area contributed by atoms with Crippen molar-refractivity contribution in [3.63, 3.8) is 0 Å². The molecule has 1 aromatic carbocycles. The van der Waals surface area contributed by atoms with Crippen LogP contribution in [0.5, 0.6) is 0 Å². The third-order valence-electron chi connectivity index (χ3n) is 2.78. The average molecular weight is 260 g/mol. The first-order valence-corrected chi connectivity index (χ1v) is 6.76. The summed E-state index contributed by atoms with van der Waals surface area (Å²) >= 11 is 1.56. The van der Waals surface area contributed by atoms with E-state index in [0.29, 0.717) is 11.0 Å². The molecule has 1 nitrogen and oxygen atoms in total. The maximum Gasteiger partial charge on any atom is 0.164 e. The van der Waals surface area contributed by atoms with Crippen LogP contribution in [0.2, 0.25) is 0 Å². The molecule has 1 N–H and O–H groups in total. The molecule has 0 spiro atoms. The molecule has 96 valence electrons. The Labute approximate surface area is 105 Å². The van der Waals surface area contributed by atoms with Gasteiger partial charge in [-0.15, -0.1) is 0 Å². The van der Waals surface area contributed by atoms with Crippen molar-refractivity contribution in [2.24, 2.45) is 0 Å². The maximum absolute atomic E-state index is 13.6. The summed E-state index contributed by atoms with van der Waals surface area (Å²) in [7, 11) is 0. The Bertz CT molecular complexity index is 382. The van der Waals surface area contributed by atoms with Crippen LogP contribution in [0.15, 0.2) is 12.1 Å². The summed E-state index contributed by atoms with van der Waals surface area (Å²) in [5.74, 6) is -1.41. The summed E-state index contributed by atoms with van der Waals surface area (Å²) in [6.45, 7) is 5.60. The number of thioether (sulfide) groups is 1. The molecule has 1 rings (SSSR count). The van der Waals surface area contributed by atoms with Gasteiger partial charge in [-0.05, 0) is 18.9 Å². The molecule has 0 saturated heterocycles. The van der Waals surface area contributed by atoms with Crippen LogP contribution in [0.1, 0.15) is 37.5 Å². The zero-order valence-corrected chi connectivity index (χ0v) is 11.2. The summed E-state index contributed by atoms with van der Waals surface area (Å²) in [5.41, 5.74) is 0.303. The molecule has 0 aromatic heterocycles. The lowest BCUT2D eigenvalue weighted by Gasteiger charge is -2.15. The number of halogens is 2. The molecular formula is C13H18F2OS. The second-order valence-electron chi connectivity index (χ2n) is 4.17. The first-order valence-electron chi connectivity index (χ1n) is 5.71. The standard InChI is InChI=1S/C13H18F2OS/c1-4-9(3)17-7-11(16)10-6-5-8(2)12(14)13(10)15/h5-6,9,11,16H,4,7H2,1-3H3. The van der Waals surface area contributed by atoms with Crippen molar-refractivity contribution in [1.29, 1.82) is 0 Å². The van der Waals surface area contributed by atoms with E-state index in [9.17, 15) is 13.9 Å². The van der Waals surface area contributed by atoms with Gasteiger partial charge in [-0.2, -0.15) is 11.8 Å². The summed E-state index contributed by atoms with van der Waals surface area (Å²) in [6.07, 6.45) is 0.0337. The average Bonchev–Trinajstić information content (AvgIpc) is 2.32. The topological polar surface area (TPSA) is 20.2 Å². The van der Waals surface area contributed by atoms with Gasteiger partial charge in [0, 0.05) is 16.6 Å². The fourth-order valence-electron chi connectivity index (χ4n) is 1.38. The fraction of sp³-hybridized carbons (Fsp3) is 0.538. The molecule has 0 bridgehead atoms. The van der Waals surface area contributed by atoms with Gasteiger partial charge in [-0.1, -0.05) is 26.0 Å². The van der Waals surface area contributed by atoms with Crippen molar-refractivity contribution in [2.75, 3.05) is 5.75 Å². The van der Waals surface area contributed by atoms with Gasteiger partial charge in [-0.3, -0.25) is 0 Å². The monoisotopic (exact) mass is 260 g/mol. The van der Waals surface area contributed by atoms with Gasteiger partial charge < -0.3 is 5.11 Å². The Morgan fingerprint density at radius 2 is 1.94 bits per heavy atom. The van der Waals surface area contributed by atoms with Gasteiger partial charge in [-0.25, -0.2) is 8.78 Å². The normalized spacial score (nSPS) is 14.7. The summed E-state index contributed by atoms with van der Waals surface area (Å²) in [5, 5.41) is 10.2. The maximum atomic E-state index is 13.6. The van der Waals surface area contributed by atoms with Crippen molar-refractivity contribution in [3.05, 3.63) is 34.9 Å². The minimum absolute atomic E-state index is 0.0453. The van der Waals surface area contributed by atoms with Crippen LogP contribution in [0, 0.1) is 18.6 Å². The molecule has 2 atom stereocenters. The summed E-state index contributed by atoms with van der Waals surface area (Å²) < 4.78 is 26.9. The van der Waals surface area contributed by atoms with Crippen LogP contribution in [-0.2, 0) is 0 Å². The highest BCUT2D eigenvalue weighted by Crippen LogP contribution is 2.26. The second kappa shape index (κ2) is 6.36. The molecule has 0 aliphatic heterocycles. The van der Waals surface area contributed by atoms with Crippen LogP contribution in [0.25, 0.3) is 0 Å². The van der Waals surface area contributed by atoms with E-state index in [4.69, 9.17) is 0 Å². The van der Waals surface area contributed by atoms with Gasteiger partial charge >= 0.3 is 0 Å². The molecule has 0 aliphatic rings. The van der Waals surface area contributed by atoms with E-state index in [0.717, 1.165) is 6.42 Å². The Kier molecular flexibility index (Phi) is 5.40. The van der Waals surface area contributed by atoms with Gasteiger partial charge in [0.2, 0.25) is 0 Å². The SMILES string of the molecule is CCC(C)SCC(O)c1ccc(C)c(F)c1F. The minimum atomic E-state index is -0.955. The van der Waals surface area contributed by atoms with Gasteiger partial charge in [0.25, 0.3) is 0 Å². The minimum Gasteiger partial charge on any atom is -0.387 e. The Morgan fingerprint density at radius 1 is 1.29 bits per heavy atom. The van der Waals surface area contributed by atoms with Crippen molar-refractivity contribution in [3.8, 4) is 0 Å². The smallest absolute Gasteiger partial charge is 0.164 e. The lowest BCUT2D eigenvalue weighted by atomic mass is 10.1. The Hall–Kier alpha value is -0.610. The van der Waals surface area contributed by atoms with Crippen LogP contribution >= 0.6 is 11.8 Å². The molecule has 17 heavy (non-hydrogen) atoms. The van der Waals surface area contributed by atoms with Crippen LogP contribution in [0.4, 0.5) is 8.78 Å². The molecule has 1 aromatic rings. The molecule has 0 aliphatic carbocycles. The van der Waals surface area contributed by atoms with Crippen molar-refractivity contribution >= 4 is 11.8 Å². The molecule has 0 fully saturated rings. The van der Waals surface area contributed by atoms with E-state index in [1.807, 2.05) is 6.92 Å². The Morgan fingerprint density at radius 3 is 2.53 bits per heavy atom. The quantitative estimate of drug-likeness (QED) is 0.868. The summed E-state index contributed by atoms with van der Waals surface area (Å²) in [6, 6.07) is 2.94. The number of hydrogen-bond acceptors (Lipinski definition) is 2. The summed E-state index contributed by atoms with van der Waals surface area (Å²) in [4.78, 5) is 0. The Balaban J connectivity index is 2.76. The number of rotatable bonds is 5. The molecule has 4 heteroatoms. The molecule has 0 heterocycles. The lowest BCUT2D eigenvalue weighted by molar-refractivity contribution is 0.197. The lowest BCUT2D eigenvalue weighted by Crippen LogP contribution is -2.08. The first-order chi connectivity index (χ1) is 7.97. The number of aliphatic hydroxyl groups is 1. The highest BCUT2D eigenvalue weighted by molar-refractivity contribution is 7.99. The predicted octanol–water partition coefficient (Wildman–Crippen LogP) is 3.84. The molecule has 2 unspecified atom stereocenters. The van der Waals surface area contributed by atoms with Gasteiger partial charge in [0.1, 0.15) is 0 Å². The molecule has 0 saturated carbocycles. The highest BCUT2D eigenvalue weighted by Gasteiger charge is 2.18. The molecule has 0 amide bonds. The second-order valence-corrected chi connectivity index (χ2v) is 5.64. The number of benzene rings is 1. The molecule has 0 radical (unpaired) electrons. The van der Waals surface area contributed by atoms with E-state index < -0.39 is 17.7 Å². The van der Waals surface area contributed by atoms with Crippen molar-refractivity contribution in [2.45, 2.75) is 38.5 Å². The van der Waals surface area contributed by atoms with Crippen molar-refractivity contribution in [1.82, 2.24) is 0 Å². The number of aliphatic hydroxyl groups excluding tert-OH is 1. The highest BCUT2D eigenvalue weighted by atomic mass is 32.2. The third kappa shape index (κ3) is 3.68. The zero-order chi connectivity index (χ0) is 13.0. The largest absolute Gasteiger partial charge is 0.387 e. The van der Waals surface area contributed by atoms with E-state index in [1.54, 1.807) is 11.8 Å². The first kappa shape index (κ1) is 14.5. The van der Waals surface area contributed by atoms with Crippen molar-refractivity contribution < 1.29 is 13.9 Å². The number of aryl methyl sites for hydroxylation is 1. The third-order valence-corrected chi connectivity index (χ3v) is 4.19. The van der Waals surface area contributed by atoms with E-state index in [1.165, 1.54) is 19.1 Å². The van der Waals surface area contributed by atoms with Gasteiger partial charge in [0.15, 0.2) is 11.6 Å². The van der Waals surface area contributed by atoms with Gasteiger partial charge in [0.05, 0.1) is 6.10 Å². The van der Waals surface area contributed by atoms with E-state index in [-0.39, 0.29) is 11.1 Å². The van der Waals surface area contributed by atoms with Crippen LogP contribution in [0.3, 0.4) is 0 Å². The van der Waals surface area contributed by atoms with Crippen LogP contribution in [-0.4, -0.2) is 16.1 Å².